The first-order valence-electron chi connectivity index (χ1n) is 6.94. The van der Waals surface area contributed by atoms with Crippen molar-refractivity contribution in [3.8, 4) is 0 Å². The third-order valence-electron chi connectivity index (χ3n) is 2.99. The van der Waals surface area contributed by atoms with Crippen molar-refractivity contribution >= 4 is 27.8 Å². The van der Waals surface area contributed by atoms with Crippen molar-refractivity contribution in [3.63, 3.8) is 0 Å². The fourth-order valence-corrected chi connectivity index (χ4v) is 3.25. The van der Waals surface area contributed by atoms with Crippen molar-refractivity contribution < 1.29 is 4.79 Å². The second kappa shape index (κ2) is 6.59. The lowest BCUT2D eigenvalue weighted by molar-refractivity contribution is 0.0944. The van der Waals surface area contributed by atoms with Crippen molar-refractivity contribution in [1.29, 1.82) is 0 Å². The highest BCUT2D eigenvalue weighted by Gasteiger charge is 2.21. The van der Waals surface area contributed by atoms with Gasteiger partial charge >= 0.3 is 0 Å². The number of anilines is 2. The second-order valence-corrected chi connectivity index (χ2v) is 7.72. The monoisotopic (exact) mass is 297 g/mol. The molecule has 1 aromatic heterocycles. The highest BCUT2D eigenvalue weighted by molar-refractivity contribution is 7.18. The summed E-state index contributed by atoms with van der Waals surface area (Å²) in [6.45, 7) is 10.1. The first kappa shape index (κ1) is 17.0. The maximum atomic E-state index is 12.0. The summed E-state index contributed by atoms with van der Waals surface area (Å²) in [5, 5.41) is 4.38. The lowest BCUT2D eigenvalue weighted by Gasteiger charge is -2.28. The molecule has 0 radical (unpaired) electrons. The van der Waals surface area contributed by atoms with Crippen LogP contribution in [-0.4, -0.2) is 37.9 Å². The summed E-state index contributed by atoms with van der Waals surface area (Å²) in [4.78, 5) is 14.9. The van der Waals surface area contributed by atoms with Crippen LogP contribution in [0.25, 0.3) is 0 Å². The van der Waals surface area contributed by atoms with Crippen molar-refractivity contribution in [2.24, 2.45) is 11.3 Å². The van der Waals surface area contributed by atoms with Gasteiger partial charge in [0.25, 0.3) is 0 Å². The molecular formula is C15H27N3OS. The number of nitrogen functional groups attached to an aromatic ring is 1. The Morgan fingerprint density at radius 2 is 2.05 bits per heavy atom. The molecule has 5 heteroatoms. The molecule has 0 spiro atoms. The van der Waals surface area contributed by atoms with Crippen LogP contribution in [-0.2, 0) is 0 Å². The third kappa shape index (κ3) is 4.80. The van der Waals surface area contributed by atoms with E-state index in [4.69, 9.17) is 5.73 Å². The van der Waals surface area contributed by atoms with Crippen molar-refractivity contribution in [1.82, 2.24) is 4.90 Å². The van der Waals surface area contributed by atoms with Crippen molar-refractivity contribution in [2.75, 3.05) is 38.2 Å². The predicted molar refractivity (Wildman–Crippen MR) is 88.7 cm³/mol. The SMILES string of the molecule is CC(C)C(=O)c1sc(NCC(C)(C)CN(C)C)cc1N. The van der Waals surface area contributed by atoms with Gasteiger partial charge in [-0.3, -0.25) is 4.79 Å². The Labute approximate surface area is 126 Å². The Morgan fingerprint density at radius 1 is 1.45 bits per heavy atom. The zero-order valence-corrected chi connectivity index (χ0v) is 14.2. The number of hydrogen-bond donors (Lipinski definition) is 2. The fraction of sp³-hybridized carbons (Fsp3) is 0.667. The van der Waals surface area contributed by atoms with Crippen molar-refractivity contribution in [3.05, 3.63) is 10.9 Å². The number of thiophene rings is 1. The number of carbonyl (C=O) groups excluding carboxylic acids is 1. The number of nitrogens with two attached hydrogens (primary N) is 1. The molecule has 0 amide bonds. The molecule has 20 heavy (non-hydrogen) atoms. The molecule has 0 aliphatic heterocycles. The molecule has 3 N–H and O–H groups in total. The van der Waals surface area contributed by atoms with Gasteiger partial charge in [0.15, 0.2) is 5.78 Å². The van der Waals surface area contributed by atoms with Gasteiger partial charge in [-0.1, -0.05) is 27.7 Å². The van der Waals surface area contributed by atoms with Crippen LogP contribution >= 0.6 is 11.3 Å². The average Bonchev–Trinajstić information content (AvgIpc) is 2.65. The fourth-order valence-electron chi connectivity index (χ4n) is 2.19. The number of hydrogen-bond acceptors (Lipinski definition) is 5. The van der Waals surface area contributed by atoms with E-state index in [-0.39, 0.29) is 17.1 Å². The maximum absolute atomic E-state index is 12.0. The topological polar surface area (TPSA) is 58.4 Å². The van der Waals surface area contributed by atoms with E-state index in [1.807, 2.05) is 19.9 Å². The van der Waals surface area contributed by atoms with Crippen LogP contribution in [0, 0.1) is 11.3 Å². The quantitative estimate of drug-likeness (QED) is 0.759. The largest absolute Gasteiger partial charge is 0.397 e. The molecule has 0 bridgehead atoms. The van der Waals surface area contributed by atoms with Gasteiger partial charge < -0.3 is 16.0 Å². The smallest absolute Gasteiger partial charge is 0.177 e. The summed E-state index contributed by atoms with van der Waals surface area (Å²) >= 11 is 1.46. The minimum Gasteiger partial charge on any atom is -0.397 e. The molecule has 1 rings (SSSR count). The molecule has 0 fully saturated rings. The zero-order chi connectivity index (χ0) is 15.5. The van der Waals surface area contributed by atoms with Gasteiger partial charge in [-0.25, -0.2) is 0 Å². The van der Waals surface area contributed by atoms with Gasteiger partial charge in [-0.2, -0.15) is 0 Å². The number of rotatable bonds is 7. The standard InChI is InChI=1S/C15H27N3OS/c1-10(2)13(19)14-11(16)7-12(20-14)17-8-15(3,4)9-18(5)6/h7,10,17H,8-9,16H2,1-6H3. The average molecular weight is 297 g/mol. The molecule has 0 unspecified atom stereocenters. The Morgan fingerprint density at radius 3 is 2.55 bits per heavy atom. The number of nitrogens with zero attached hydrogens (tertiary/aromatic N) is 1. The molecule has 0 saturated heterocycles. The molecule has 0 aromatic carbocycles. The molecule has 0 aliphatic carbocycles. The molecule has 114 valence electrons. The van der Waals surface area contributed by atoms with Crippen LogP contribution in [0.15, 0.2) is 6.07 Å². The molecule has 0 saturated carbocycles. The summed E-state index contributed by atoms with van der Waals surface area (Å²) in [5.74, 6) is 0.0992. The van der Waals surface area contributed by atoms with E-state index in [2.05, 4.69) is 38.2 Å². The predicted octanol–water partition coefficient (Wildman–Crippen LogP) is 3.17. The van der Waals surface area contributed by atoms with E-state index in [0.717, 1.165) is 18.1 Å². The summed E-state index contributed by atoms with van der Waals surface area (Å²) in [6, 6.07) is 1.87. The first-order chi connectivity index (χ1) is 9.12. The van der Waals surface area contributed by atoms with Gasteiger partial charge in [-0.05, 0) is 25.6 Å². The van der Waals surface area contributed by atoms with Crippen LogP contribution < -0.4 is 11.1 Å². The third-order valence-corrected chi connectivity index (χ3v) is 4.12. The van der Waals surface area contributed by atoms with Gasteiger partial charge in [0.05, 0.1) is 15.6 Å². The van der Waals surface area contributed by atoms with E-state index in [1.54, 1.807) is 0 Å². The van der Waals surface area contributed by atoms with E-state index in [1.165, 1.54) is 11.3 Å². The summed E-state index contributed by atoms with van der Waals surface area (Å²) < 4.78 is 0. The van der Waals surface area contributed by atoms with Gasteiger partial charge in [-0.15, -0.1) is 11.3 Å². The van der Waals surface area contributed by atoms with Crippen molar-refractivity contribution in [2.45, 2.75) is 27.7 Å². The summed E-state index contributed by atoms with van der Waals surface area (Å²) in [7, 11) is 4.15. The zero-order valence-electron chi connectivity index (χ0n) is 13.4. The Bertz CT molecular complexity index is 464. The number of Topliss-reactive ketones (excluding diaryl/α,β-unsaturated/α-hetero) is 1. The van der Waals surface area contributed by atoms with Gasteiger partial charge in [0.1, 0.15) is 0 Å². The van der Waals surface area contributed by atoms with Crippen LogP contribution in [0.4, 0.5) is 10.7 Å². The number of carbonyl (C=O) groups is 1. The van der Waals surface area contributed by atoms with E-state index < -0.39 is 0 Å². The summed E-state index contributed by atoms with van der Waals surface area (Å²) in [6.07, 6.45) is 0. The lowest BCUT2D eigenvalue weighted by atomic mass is 9.93. The van der Waals surface area contributed by atoms with E-state index in [9.17, 15) is 4.79 Å². The van der Waals surface area contributed by atoms with E-state index in [0.29, 0.717) is 10.6 Å². The molecule has 1 aromatic rings. The minimum atomic E-state index is -0.0195. The van der Waals surface area contributed by atoms with Gasteiger partial charge in [0.2, 0.25) is 0 Å². The molecular weight excluding hydrogens is 270 g/mol. The minimum absolute atomic E-state index is 0.0195. The second-order valence-electron chi connectivity index (χ2n) is 6.67. The van der Waals surface area contributed by atoms with Crippen LogP contribution in [0.1, 0.15) is 37.4 Å². The highest BCUT2D eigenvalue weighted by Crippen LogP contribution is 2.32. The molecule has 0 aliphatic rings. The molecule has 0 atom stereocenters. The Kier molecular flexibility index (Phi) is 5.59. The van der Waals surface area contributed by atoms with Crippen LogP contribution in [0.3, 0.4) is 0 Å². The Hall–Kier alpha value is -1.07. The number of nitrogens with one attached hydrogen (secondary N) is 1. The van der Waals surface area contributed by atoms with Crippen LogP contribution in [0.5, 0.6) is 0 Å². The first-order valence-corrected chi connectivity index (χ1v) is 7.76. The van der Waals surface area contributed by atoms with E-state index >= 15 is 0 Å². The van der Waals surface area contributed by atoms with Gasteiger partial charge in [0, 0.05) is 19.0 Å². The number of ketones is 1. The van der Waals surface area contributed by atoms with Crippen LogP contribution in [0.2, 0.25) is 0 Å². The normalized spacial score (nSPS) is 12.2. The maximum Gasteiger partial charge on any atom is 0.177 e. The lowest BCUT2D eigenvalue weighted by Crippen LogP contribution is -2.34. The molecule has 1 heterocycles. The Balaban J connectivity index is 2.71. The highest BCUT2D eigenvalue weighted by atomic mass is 32.1. The molecule has 4 nitrogen and oxygen atoms in total. The summed E-state index contributed by atoms with van der Waals surface area (Å²) in [5.41, 5.74) is 6.68.